The SMILES string of the molecule is CN1CC=CCC1N1CCNCC1. The van der Waals surface area contributed by atoms with Crippen LogP contribution < -0.4 is 5.32 Å². The molecular formula is C10H19N3. The van der Waals surface area contributed by atoms with E-state index < -0.39 is 0 Å². The summed E-state index contributed by atoms with van der Waals surface area (Å²) in [6.45, 7) is 5.79. The van der Waals surface area contributed by atoms with Gasteiger partial charge in [-0.1, -0.05) is 12.2 Å². The standard InChI is InChI=1S/C10H19N3/c1-12-7-3-2-4-10(12)13-8-5-11-6-9-13/h2-3,10-11H,4-9H2,1H3. The monoisotopic (exact) mass is 181 g/mol. The van der Waals surface area contributed by atoms with Gasteiger partial charge in [-0.25, -0.2) is 0 Å². The predicted molar refractivity (Wildman–Crippen MR) is 54.6 cm³/mol. The highest BCUT2D eigenvalue weighted by atomic mass is 15.4. The van der Waals surface area contributed by atoms with Crippen LogP contribution >= 0.6 is 0 Å². The Hall–Kier alpha value is -0.380. The number of hydrogen-bond acceptors (Lipinski definition) is 3. The molecule has 2 aliphatic heterocycles. The van der Waals surface area contributed by atoms with Gasteiger partial charge in [0.15, 0.2) is 0 Å². The van der Waals surface area contributed by atoms with Crippen LogP contribution in [0.3, 0.4) is 0 Å². The molecule has 2 aliphatic rings. The van der Waals surface area contributed by atoms with Crippen LogP contribution in [0.2, 0.25) is 0 Å². The lowest BCUT2D eigenvalue weighted by molar-refractivity contribution is 0.0555. The minimum atomic E-state index is 0.645. The molecule has 1 N–H and O–H groups in total. The summed E-state index contributed by atoms with van der Waals surface area (Å²) in [6, 6.07) is 0. The lowest BCUT2D eigenvalue weighted by Crippen LogP contribution is -2.54. The zero-order valence-electron chi connectivity index (χ0n) is 8.37. The Morgan fingerprint density at radius 3 is 2.69 bits per heavy atom. The summed E-state index contributed by atoms with van der Waals surface area (Å²) in [7, 11) is 2.22. The van der Waals surface area contributed by atoms with E-state index in [0.29, 0.717) is 6.17 Å². The summed E-state index contributed by atoms with van der Waals surface area (Å²) in [5.74, 6) is 0. The van der Waals surface area contributed by atoms with Crippen molar-refractivity contribution in [1.82, 2.24) is 15.1 Å². The number of rotatable bonds is 1. The molecule has 0 saturated carbocycles. The maximum absolute atomic E-state index is 3.39. The highest BCUT2D eigenvalue weighted by molar-refractivity contribution is 4.95. The molecule has 2 heterocycles. The molecule has 2 rings (SSSR count). The van der Waals surface area contributed by atoms with Crippen molar-refractivity contribution in [3.05, 3.63) is 12.2 Å². The maximum Gasteiger partial charge on any atom is 0.0658 e. The second-order valence-electron chi connectivity index (χ2n) is 3.91. The second kappa shape index (κ2) is 4.22. The number of hydrogen-bond donors (Lipinski definition) is 1. The van der Waals surface area contributed by atoms with Crippen LogP contribution in [0.5, 0.6) is 0 Å². The third-order valence-corrected chi connectivity index (χ3v) is 2.99. The van der Waals surface area contributed by atoms with Gasteiger partial charge in [-0.15, -0.1) is 0 Å². The molecule has 1 atom stereocenters. The summed E-state index contributed by atoms with van der Waals surface area (Å²) in [4.78, 5) is 5.02. The topological polar surface area (TPSA) is 18.5 Å². The average molecular weight is 181 g/mol. The van der Waals surface area contributed by atoms with E-state index in [4.69, 9.17) is 0 Å². The van der Waals surface area contributed by atoms with Gasteiger partial charge in [0.2, 0.25) is 0 Å². The van der Waals surface area contributed by atoms with Crippen LogP contribution in [0.15, 0.2) is 12.2 Å². The lowest BCUT2D eigenvalue weighted by atomic mass is 10.1. The molecule has 0 aromatic rings. The fraction of sp³-hybridized carbons (Fsp3) is 0.800. The number of piperazine rings is 1. The van der Waals surface area contributed by atoms with E-state index in [1.54, 1.807) is 0 Å². The van der Waals surface area contributed by atoms with E-state index in [2.05, 4.69) is 34.3 Å². The summed E-state index contributed by atoms with van der Waals surface area (Å²) in [6.07, 6.45) is 6.41. The van der Waals surface area contributed by atoms with Gasteiger partial charge in [-0.05, 0) is 13.5 Å². The third kappa shape index (κ3) is 2.10. The first-order valence-electron chi connectivity index (χ1n) is 5.18. The molecule has 13 heavy (non-hydrogen) atoms. The van der Waals surface area contributed by atoms with Gasteiger partial charge in [0.1, 0.15) is 0 Å². The van der Waals surface area contributed by atoms with Gasteiger partial charge in [0.05, 0.1) is 6.17 Å². The molecule has 74 valence electrons. The molecule has 3 nitrogen and oxygen atoms in total. The zero-order valence-corrected chi connectivity index (χ0v) is 8.37. The number of likely N-dealkylation sites (N-methyl/N-ethyl adjacent to an activating group) is 1. The van der Waals surface area contributed by atoms with Crippen molar-refractivity contribution in [3.8, 4) is 0 Å². The second-order valence-corrected chi connectivity index (χ2v) is 3.91. The zero-order chi connectivity index (χ0) is 9.10. The Morgan fingerprint density at radius 2 is 2.00 bits per heavy atom. The van der Waals surface area contributed by atoms with E-state index in [9.17, 15) is 0 Å². The van der Waals surface area contributed by atoms with Crippen LogP contribution in [-0.4, -0.2) is 55.7 Å². The fourth-order valence-electron chi connectivity index (χ4n) is 2.17. The van der Waals surface area contributed by atoms with Crippen LogP contribution in [0.4, 0.5) is 0 Å². The summed E-state index contributed by atoms with van der Waals surface area (Å²) in [5, 5.41) is 3.39. The van der Waals surface area contributed by atoms with E-state index in [1.165, 1.54) is 19.5 Å². The Morgan fingerprint density at radius 1 is 1.23 bits per heavy atom. The Kier molecular flexibility index (Phi) is 2.98. The van der Waals surface area contributed by atoms with Crippen LogP contribution in [0, 0.1) is 0 Å². The minimum Gasteiger partial charge on any atom is -0.314 e. The van der Waals surface area contributed by atoms with E-state index >= 15 is 0 Å². The summed E-state index contributed by atoms with van der Waals surface area (Å²) >= 11 is 0. The van der Waals surface area contributed by atoms with Crippen LogP contribution in [0.1, 0.15) is 6.42 Å². The Labute approximate surface area is 80.4 Å². The van der Waals surface area contributed by atoms with Crippen molar-refractivity contribution in [2.24, 2.45) is 0 Å². The number of nitrogens with one attached hydrogen (secondary N) is 1. The molecule has 0 radical (unpaired) electrons. The summed E-state index contributed by atoms with van der Waals surface area (Å²) in [5.41, 5.74) is 0. The Balaban J connectivity index is 1.93. The normalized spacial score (nSPS) is 32.2. The van der Waals surface area contributed by atoms with Crippen molar-refractivity contribution in [3.63, 3.8) is 0 Å². The van der Waals surface area contributed by atoms with Crippen molar-refractivity contribution in [2.45, 2.75) is 12.6 Å². The first kappa shape index (κ1) is 9.19. The highest BCUT2D eigenvalue weighted by Crippen LogP contribution is 2.13. The average Bonchev–Trinajstić information content (AvgIpc) is 2.20. The van der Waals surface area contributed by atoms with Gasteiger partial charge >= 0.3 is 0 Å². The van der Waals surface area contributed by atoms with Crippen molar-refractivity contribution in [1.29, 1.82) is 0 Å². The minimum absolute atomic E-state index is 0.645. The van der Waals surface area contributed by atoms with E-state index in [0.717, 1.165) is 19.6 Å². The third-order valence-electron chi connectivity index (χ3n) is 2.99. The molecule has 1 saturated heterocycles. The van der Waals surface area contributed by atoms with Crippen molar-refractivity contribution in [2.75, 3.05) is 39.8 Å². The Bertz CT molecular complexity index is 185. The first-order valence-corrected chi connectivity index (χ1v) is 5.18. The molecule has 0 spiro atoms. The first-order chi connectivity index (χ1) is 6.38. The van der Waals surface area contributed by atoms with Gasteiger partial charge < -0.3 is 5.32 Å². The van der Waals surface area contributed by atoms with Gasteiger partial charge in [-0.3, -0.25) is 9.80 Å². The highest BCUT2D eigenvalue weighted by Gasteiger charge is 2.23. The quantitative estimate of drug-likeness (QED) is 0.579. The summed E-state index contributed by atoms with van der Waals surface area (Å²) < 4.78 is 0. The molecule has 0 bridgehead atoms. The molecule has 3 heteroatoms. The molecule has 0 amide bonds. The number of nitrogens with zero attached hydrogens (tertiary/aromatic N) is 2. The van der Waals surface area contributed by atoms with Crippen LogP contribution in [0.25, 0.3) is 0 Å². The van der Waals surface area contributed by atoms with Gasteiger partial charge in [0, 0.05) is 32.7 Å². The fourth-order valence-corrected chi connectivity index (χ4v) is 2.17. The maximum atomic E-state index is 3.39. The van der Waals surface area contributed by atoms with Crippen molar-refractivity contribution >= 4 is 0 Å². The van der Waals surface area contributed by atoms with E-state index in [1.807, 2.05) is 0 Å². The molecular weight excluding hydrogens is 162 g/mol. The lowest BCUT2D eigenvalue weighted by Gasteiger charge is -2.40. The van der Waals surface area contributed by atoms with Gasteiger partial charge in [-0.2, -0.15) is 0 Å². The largest absolute Gasteiger partial charge is 0.314 e. The van der Waals surface area contributed by atoms with Crippen molar-refractivity contribution < 1.29 is 0 Å². The van der Waals surface area contributed by atoms with Gasteiger partial charge in [0.25, 0.3) is 0 Å². The molecule has 0 aliphatic carbocycles. The van der Waals surface area contributed by atoms with Crippen LogP contribution in [-0.2, 0) is 0 Å². The smallest absolute Gasteiger partial charge is 0.0658 e. The molecule has 0 aromatic heterocycles. The predicted octanol–water partition coefficient (Wildman–Crippen LogP) is 0.109. The molecule has 1 unspecified atom stereocenters. The molecule has 1 fully saturated rings. The molecule has 0 aromatic carbocycles. The van der Waals surface area contributed by atoms with E-state index in [-0.39, 0.29) is 0 Å².